The number of hydrogen-bond donors (Lipinski definition) is 2. The van der Waals surface area contributed by atoms with Gasteiger partial charge < -0.3 is 10.7 Å². The highest BCUT2D eigenvalue weighted by atomic mass is 32.1. The minimum Gasteiger partial charge on any atom is -0.390 e. The molecule has 0 unspecified atom stereocenters. The van der Waals surface area contributed by atoms with Crippen molar-refractivity contribution in [3.63, 3.8) is 0 Å². The number of H-pyrrole nitrogens is 1. The predicted octanol–water partition coefficient (Wildman–Crippen LogP) is 2.56. The summed E-state index contributed by atoms with van der Waals surface area (Å²) in [6.45, 7) is 0. The van der Waals surface area contributed by atoms with E-state index in [0.29, 0.717) is 26.7 Å². The molecule has 3 aromatic heterocycles. The molecule has 23 heavy (non-hydrogen) atoms. The van der Waals surface area contributed by atoms with Crippen LogP contribution < -0.4 is 5.73 Å². The van der Waals surface area contributed by atoms with Gasteiger partial charge in [0.1, 0.15) is 33.3 Å². The van der Waals surface area contributed by atoms with Crippen LogP contribution >= 0.6 is 11.3 Å². The molecule has 0 saturated heterocycles. The molecule has 0 atom stereocenters. The van der Waals surface area contributed by atoms with E-state index in [9.17, 15) is 0 Å². The first-order valence-corrected chi connectivity index (χ1v) is 7.38. The number of nitrogens with zero attached hydrogens (tertiary/aromatic N) is 5. The second-order valence-electron chi connectivity index (χ2n) is 4.74. The van der Waals surface area contributed by atoms with Gasteiger partial charge in [0, 0.05) is 0 Å². The van der Waals surface area contributed by atoms with Crippen molar-refractivity contribution in [2.24, 2.45) is 0 Å². The van der Waals surface area contributed by atoms with Crippen LogP contribution in [0.1, 0.15) is 11.4 Å². The van der Waals surface area contributed by atoms with Gasteiger partial charge in [-0.1, -0.05) is 23.5 Å². The van der Waals surface area contributed by atoms with Crippen molar-refractivity contribution in [1.29, 1.82) is 10.5 Å². The van der Waals surface area contributed by atoms with Crippen LogP contribution in [0.15, 0.2) is 24.3 Å². The molecular formula is C15H7N7S. The van der Waals surface area contributed by atoms with Gasteiger partial charge in [-0.3, -0.25) is 0 Å². The number of fused-ring (bicyclic) bond motifs is 2. The molecule has 3 N–H and O–H groups in total. The summed E-state index contributed by atoms with van der Waals surface area (Å²) in [6, 6.07) is 11.4. The Hall–Kier alpha value is -3.49. The number of para-hydroxylation sites is 2. The molecule has 0 spiro atoms. The fourth-order valence-corrected chi connectivity index (χ4v) is 3.27. The monoisotopic (exact) mass is 317 g/mol. The van der Waals surface area contributed by atoms with Crippen LogP contribution in [0.3, 0.4) is 0 Å². The Morgan fingerprint density at radius 2 is 1.78 bits per heavy atom. The maximum absolute atomic E-state index is 9.14. The molecule has 0 bridgehead atoms. The topological polar surface area (TPSA) is 128 Å². The van der Waals surface area contributed by atoms with Gasteiger partial charge in [-0.05, 0) is 12.1 Å². The molecule has 0 aliphatic heterocycles. The van der Waals surface area contributed by atoms with Gasteiger partial charge in [0.2, 0.25) is 0 Å². The summed E-state index contributed by atoms with van der Waals surface area (Å²) in [7, 11) is 0. The van der Waals surface area contributed by atoms with Crippen LogP contribution in [0.5, 0.6) is 0 Å². The second kappa shape index (κ2) is 4.77. The Balaban J connectivity index is 2.05. The maximum Gasteiger partial charge on any atom is 0.178 e. The first-order chi connectivity index (χ1) is 11.2. The number of nitrogens with two attached hydrogens (primary N) is 1. The number of anilines is 1. The summed E-state index contributed by atoms with van der Waals surface area (Å²) in [6.07, 6.45) is 0. The molecule has 0 aliphatic rings. The molecule has 0 radical (unpaired) electrons. The molecule has 0 saturated carbocycles. The molecule has 4 rings (SSSR count). The molecule has 0 amide bonds. The van der Waals surface area contributed by atoms with Gasteiger partial charge >= 0.3 is 0 Å². The van der Waals surface area contributed by atoms with Crippen molar-refractivity contribution < 1.29 is 0 Å². The summed E-state index contributed by atoms with van der Waals surface area (Å²) < 4.78 is 0. The average molecular weight is 317 g/mol. The molecule has 8 heteroatoms. The van der Waals surface area contributed by atoms with E-state index < -0.39 is 0 Å². The van der Waals surface area contributed by atoms with E-state index in [0.717, 1.165) is 11.0 Å². The minimum atomic E-state index is -0.0184. The third kappa shape index (κ3) is 1.90. The van der Waals surface area contributed by atoms with E-state index in [2.05, 4.69) is 19.9 Å². The fourth-order valence-electron chi connectivity index (χ4n) is 2.38. The smallest absolute Gasteiger partial charge is 0.178 e. The van der Waals surface area contributed by atoms with Crippen LogP contribution in [0, 0.1) is 22.7 Å². The number of nitriles is 2. The van der Waals surface area contributed by atoms with E-state index in [1.54, 1.807) is 0 Å². The van der Waals surface area contributed by atoms with Crippen LogP contribution in [0.2, 0.25) is 0 Å². The molecule has 4 aromatic rings. The van der Waals surface area contributed by atoms with E-state index in [1.807, 2.05) is 36.4 Å². The van der Waals surface area contributed by atoms with Gasteiger partial charge in [0.05, 0.1) is 16.6 Å². The summed E-state index contributed by atoms with van der Waals surface area (Å²) >= 11 is 1.22. The van der Waals surface area contributed by atoms with Gasteiger partial charge in [0.25, 0.3) is 0 Å². The Kier molecular flexibility index (Phi) is 2.73. The van der Waals surface area contributed by atoms with Crippen molar-refractivity contribution in [3.8, 4) is 23.5 Å². The number of aromatic amines is 1. The zero-order valence-corrected chi connectivity index (χ0v) is 12.3. The quantitative estimate of drug-likeness (QED) is 0.555. The standard InChI is InChI=1S/C15H7N7S/c16-5-9-10(6-17)22-15-12(19-9)11(13(18)23-15)14-20-7-3-1-2-4-8(7)21-14/h1-4H,18H2,(H,20,21). The Morgan fingerprint density at radius 3 is 2.52 bits per heavy atom. The summed E-state index contributed by atoms with van der Waals surface area (Å²) in [5.74, 6) is 0.567. The SMILES string of the molecule is N#Cc1nc2sc(N)c(-c3nc4ccccc4[nH]3)c2nc1C#N. The molecule has 3 heterocycles. The third-order valence-electron chi connectivity index (χ3n) is 3.39. The minimum absolute atomic E-state index is 0.00240. The largest absolute Gasteiger partial charge is 0.390 e. The highest BCUT2D eigenvalue weighted by Gasteiger charge is 2.20. The van der Waals surface area contributed by atoms with E-state index in [-0.39, 0.29) is 11.4 Å². The van der Waals surface area contributed by atoms with Gasteiger partial charge in [0.15, 0.2) is 11.4 Å². The number of hydrogen-bond acceptors (Lipinski definition) is 7. The lowest BCUT2D eigenvalue weighted by molar-refractivity contribution is 1.21. The fraction of sp³-hybridized carbons (Fsp3) is 0. The van der Waals surface area contributed by atoms with E-state index >= 15 is 0 Å². The lowest BCUT2D eigenvalue weighted by Gasteiger charge is -1.97. The van der Waals surface area contributed by atoms with Crippen molar-refractivity contribution in [3.05, 3.63) is 35.7 Å². The lowest BCUT2D eigenvalue weighted by Crippen LogP contribution is -1.94. The van der Waals surface area contributed by atoms with E-state index in [1.165, 1.54) is 11.3 Å². The average Bonchev–Trinajstić information content (AvgIpc) is 3.12. The van der Waals surface area contributed by atoms with Crippen molar-refractivity contribution >= 4 is 37.7 Å². The summed E-state index contributed by atoms with van der Waals surface area (Å²) in [5, 5.41) is 18.7. The van der Waals surface area contributed by atoms with Crippen LogP contribution in [-0.4, -0.2) is 19.9 Å². The highest BCUT2D eigenvalue weighted by molar-refractivity contribution is 7.23. The molecule has 0 fully saturated rings. The summed E-state index contributed by atoms with van der Waals surface area (Å²) in [4.78, 5) is 16.7. The van der Waals surface area contributed by atoms with Gasteiger partial charge in [-0.2, -0.15) is 10.5 Å². The van der Waals surface area contributed by atoms with E-state index in [4.69, 9.17) is 16.3 Å². The second-order valence-corrected chi connectivity index (χ2v) is 5.77. The highest BCUT2D eigenvalue weighted by Crippen LogP contribution is 2.38. The van der Waals surface area contributed by atoms with Crippen molar-refractivity contribution in [2.45, 2.75) is 0 Å². The molecule has 1 aromatic carbocycles. The number of thiophene rings is 1. The molecular weight excluding hydrogens is 310 g/mol. The molecule has 0 aliphatic carbocycles. The lowest BCUT2D eigenvalue weighted by atomic mass is 10.2. The zero-order chi connectivity index (χ0) is 16.0. The molecule has 108 valence electrons. The van der Waals surface area contributed by atoms with Crippen LogP contribution in [-0.2, 0) is 0 Å². The maximum atomic E-state index is 9.14. The predicted molar refractivity (Wildman–Crippen MR) is 86.3 cm³/mol. The molecule has 7 nitrogen and oxygen atoms in total. The number of rotatable bonds is 1. The van der Waals surface area contributed by atoms with Gasteiger partial charge in [-0.15, -0.1) is 0 Å². The summed E-state index contributed by atoms with van der Waals surface area (Å²) in [5.41, 5.74) is 8.85. The number of nitrogen functional groups attached to an aromatic ring is 1. The Morgan fingerprint density at radius 1 is 1.04 bits per heavy atom. The van der Waals surface area contributed by atoms with Crippen molar-refractivity contribution in [2.75, 3.05) is 5.73 Å². The third-order valence-corrected chi connectivity index (χ3v) is 4.29. The van der Waals surface area contributed by atoms with Gasteiger partial charge in [-0.25, -0.2) is 15.0 Å². The first-order valence-electron chi connectivity index (χ1n) is 6.56. The van der Waals surface area contributed by atoms with Crippen LogP contribution in [0.25, 0.3) is 32.8 Å². The Labute approximate surface area is 133 Å². The number of benzene rings is 1. The number of imidazole rings is 1. The van der Waals surface area contributed by atoms with Crippen LogP contribution in [0.4, 0.5) is 5.00 Å². The zero-order valence-electron chi connectivity index (χ0n) is 11.5. The Bertz CT molecular complexity index is 1120. The number of nitrogens with one attached hydrogen (secondary N) is 1. The van der Waals surface area contributed by atoms with Crippen molar-refractivity contribution in [1.82, 2.24) is 19.9 Å². The normalized spacial score (nSPS) is 10.7. The number of aromatic nitrogens is 4. The first kappa shape index (κ1) is 13.2.